The van der Waals surface area contributed by atoms with Crippen LogP contribution in [0.4, 0.5) is 13.2 Å². The van der Waals surface area contributed by atoms with E-state index in [0.717, 1.165) is 24.3 Å². The Hall–Kier alpha value is -1.59. The molecular formula is C10H8BF3O2. The molecule has 2 nitrogen and oxygen atoms in total. The maximum absolute atomic E-state index is 12.2. The summed E-state index contributed by atoms with van der Waals surface area (Å²) < 4.78 is 36.6. The van der Waals surface area contributed by atoms with Crippen molar-refractivity contribution in [1.82, 2.24) is 0 Å². The van der Waals surface area contributed by atoms with Crippen molar-refractivity contribution in [3.8, 4) is 0 Å². The van der Waals surface area contributed by atoms with Gasteiger partial charge in [-0.2, -0.15) is 13.2 Å². The van der Waals surface area contributed by atoms with Crippen LogP contribution in [0.15, 0.2) is 24.3 Å². The smallest absolute Gasteiger partial charge is 0.291 e. The van der Waals surface area contributed by atoms with Gasteiger partial charge in [0.15, 0.2) is 5.78 Å². The SMILES string of the molecule is BCC(=O)C(=O)c1ccc(C(F)(F)F)cc1. The first kappa shape index (κ1) is 12.5. The highest BCUT2D eigenvalue weighted by Crippen LogP contribution is 2.29. The fourth-order valence-corrected chi connectivity index (χ4v) is 1.13. The van der Waals surface area contributed by atoms with Crippen molar-refractivity contribution < 1.29 is 22.8 Å². The number of Topliss-reactive ketones (excluding diaryl/α,β-unsaturated/α-hetero) is 2. The molecule has 0 aliphatic carbocycles. The number of carbonyl (C=O) groups excluding carboxylic acids is 2. The molecule has 1 aromatic rings. The topological polar surface area (TPSA) is 34.1 Å². The van der Waals surface area contributed by atoms with Gasteiger partial charge in [0.2, 0.25) is 5.78 Å². The van der Waals surface area contributed by atoms with Crippen molar-refractivity contribution in [2.45, 2.75) is 12.5 Å². The molecule has 0 aliphatic rings. The van der Waals surface area contributed by atoms with Gasteiger partial charge in [0.25, 0.3) is 0 Å². The van der Waals surface area contributed by atoms with Gasteiger partial charge in [-0.05, 0) is 18.5 Å². The molecule has 84 valence electrons. The number of hydrogen-bond donors (Lipinski definition) is 0. The number of hydrogen-bond acceptors (Lipinski definition) is 2. The lowest BCUT2D eigenvalue weighted by Crippen LogP contribution is -2.13. The molecule has 1 aromatic carbocycles. The first-order valence-electron chi connectivity index (χ1n) is 4.61. The second-order valence-electron chi connectivity index (χ2n) is 3.18. The summed E-state index contributed by atoms with van der Waals surface area (Å²) in [7, 11) is 1.52. The maximum Gasteiger partial charge on any atom is 0.416 e. The van der Waals surface area contributed by atoms with Gasteiger partial charge in [-0.3, -0.25) is 9.59 Å². The zero-order chi connectivity index (χ0) is 12.3. The third kappa shape index (κ3) is 2.71. The quantitative estimate of drug-likeness (QED) is 0.446. The molecule has 0 aromatic heterocycles. The van der Waals surface area contributed by atoms with E-state index in [0.29, 0.717) is 0 Å². The molecule has 0 saturated heterocycles. The van der Waals surface area contributed by atoms with E-state index in [1.807, 2.05) is 0 Å². The Morgan fingerprint density at radius 3 is 2.00 bits per heavy atom. The van der Waals surface area contributed by atoms with Crippen LogP contribution in [0.25, 0.3) is 0 Å². The average Bonchev–Trinajstić information content (AvgIpc) is 2.26. The third-order valence-corrected chi connectivity index (χ3v) is 2.05. The van der Waals surface area contributed by atoms with Gasteiger partial charge >= 0.3 is 6.18 Å². The van der Waals surface area contributed by atoms with E-state index in [1.54, 1.807) is 0 Å². The van der Waals surface area contributed by atoms with Gasteiger partial charge in [0, 0.05) is 5.56 Å². The number of carbonyl (C=O) groups is 2. The highest BCUT2D eigenvalue weighted by Gasteiger charge is 2.30. The summed E-state index contributed by atoms with van der Waals surface area (Å²) >= 11 is 0. The molecule has 0 atom stereocenters. The normalized spacial score (nSPS) is 11.2. The van der Waals surface area contributed by atoms with Gasteiger partial charge in [-0.1, -0.05) is 12.1 Å². The standard InChI is InChI=1S/C10H8BF3O2/c11-5-8(15)9(16)6-1-3-7(4-2-6)10(12,13)14/h1-4H,5,11H2. The van der Waals surface area contributed by atoms with E-state index >= 15 is 0 Å². The zero-order valence-corrected chi connectivity index (χ0v) is 8.47. The van der Waals surface area contributed by atoms with Crippen molar-refractivity contribution in [1.29, 1.82) is 0 Å². The van der Waals surface area contributed by atoms with Crippen LogP contribution >= 0.6 is 0 Å². The second-order valence-corrected chi connectivity index (χ2v) is 3.18. The zero-order valence-electron chi connectivity index (χ0n) is 8.47. The first-order valence-corrected chi connectivity index (χ1v) is 4.61. The molecule has 0 bridgehead atoms. The summed E-state index contributed by atoms with van der Waals surface area (Å²) in [6.07, 6.45) is -4.39. The molecular weight excluding hydrogens is 220 g/mol. The minimum atomic E-state index is -4.43. The monoisotopic (exact) mass is 228 g/mol. The summed E-state index contributed by atoms with van der Waals surface area (Å²) in [4.78, 5) is 22.3. The molecule has 0 saturated carbocycles. The van der Waals surface area contributed by atoms with Crippen LogP contribution in [0.1, 0.15) is 15.9 Å². The number of ketones is 2. The molecule has 0 N–H and O–H groups in total. The Morgan fingerprint density at radius 2 is 1.62 bits per heavy atom. The number of benzene rings is 1. The van der Waals surface area contributed by atoms with Crippen LogP contribution in [-0.4, -0.2) is 19.4 Å². The van der Waals surface area contributed by atoms with Crippen molar-refractivity contribution in [3.63, 3.8) is 0 Å². The molecule has 0 fully saturated rings. The van der Waals surface area contributed by atoms with Crippen LogP contribution in [-0.2, 0) is 11.0 Å². The Balaban J connectivity index is 2.96. The molecule has 0 aliphatic heterocycles. The number of halogens is 3. The van der Waals surface area contributed by atoms with Gasteiger partial charge in [0.05, 0.1) is 5.56 Å². The van der Waals surface area contributed by atoms with Crippen LogP contribution in [0.2, 0.25) is 6.32 Å². The van der Waals surface area contributed by atoms with Crippen LogP contribution in [0.5, 0.6) is 0 Å². The summed E-state index contributed by atoms with van der Waals surface area (Å²) in [5, 5.41) is 0. The Kier molecular flexibility index (Phi) is 3.52. The second kappa shape index (κ2) is 4.51. The Labute approximate surface area is 90.9 Å². The van der Waals surface area contributed by atoms with Crippen LogP contribution in [0, 0.1) is 0 Å². The molecule has 0 unspecified atom stereocenters. The first-order chi connectivity index (χ1) is 7.36. The predicted octanol–water partition coefficient (Wildman–Crippen LogP) is 1.51. The lowest BCUT2D eigenvalue weighted by Gasteiger charge is -2.06. The lowest BCUT2D eigenvalue weighted by molar-refractivity contribution is -0.137. The van der Waals surface area contributed by atoms with E-state index in [2.05, 4.69) is 0 Å². The van der Waals surface area contributed by atoms with E-state index in [1.165, 1.54) is 7.85 Å². The average molecular weight is 228 g/mol. The predicted molar refractivity (Wildman–Crippen MR) is 54.1 cm³/mol. The molecule has 16 heavy (non-hydrogen) atoms. The summed E-state index contributed by atoms with van der Waals surface area (Å²) in [6, 6.07) is 3.60. The van der Waals surface area contributed by atoms with Crippen molar-refractivity contribution >= 4 is 19.4 Å². The van der Waals surface area contributed by atoms with Gasteiger partial charge < -0.3 is 0 Å². The van der Waals surface area contributed by atoms with Crippen LogP contribution < -0.4 is 0 Å². The largest absolute Gasteiger partial charge is 0.416 e. The Morgan fingerprint density at radius 1 is 1.12 bits per heavy atom. The lowest BCUT2D eigenvalue weighted by atomic mass is 9.95. The van der Waals surface area contributed by atoms with Gasteiger partial charge in [0.1, 0.15) is 7.85 Å². The van der Waals surface area contributed by atoms with E-state index < -0.39 is 23.3 Å². The molecule has 0 spiro atoms. The number of rotatable bonds is 3. The highest BCUT2D eigenvalue weighted by molar-refractivity contribution is 6.49. The minimum Gasteiger partial charge on any atom is -0.291 e. The highest BCUT2D eigenvalue weighted by atomic mass is 19.4. The van der Waals surface area contributed by atoms with E-state index in [4.69, 9.17) is 0 Å². The van der Waals surface area contributed by atoms with Gasteiger partial charge in [-0.25, -0.2) is 0 Å². The molecule has 1 rings (SSSR count). The fraction of sp³-hybridized carbons (Fsp3) is 0.200. The van der Waals surface area contributed by atoms with E-state index in [9.17, 15) is 22.8 Å². The molecule has 0 radical (unpaired) electrons. The van der Waals surface area contributed by atoms with E-state index in [-0.39, 0.29) is 11.9 Å². The summed E-state index contributed by atoms with van der Waals surface area (Å²) in [6.45, 7) is 0. The summed E-state index contributed by atoms with van der Waals surface area (Å²) in [5.74, 6) is -1.36. The van der Waals surface area contributed by atoms with Crippen molar-refractivity contribution in [3.05, 3.63) is 35.4 Å². The molecule has 6 heteroatoms. The summed E-state index contributed by atoms with van der Waals surface area (Å²) in [5.41, 5.74) is -0.854. The maximum atomic E-state index is 12.2. The Bertz CT molecular complexity index is 409. The van der Waals surface area contributed by atoms with Crippen LogP contribution in [0.3, 0.4) is 0 Å². The minimum absolute atomic E-state index is 0.0140. The molecule has 0 amide bonds. The molecule has 0 heterocycles. The fourth-order valence-electron chi connectivity index (χ4n) is 1.13. The number of alkyl halides is 3. The third-order valence-electron chi connectivity index (χ3n) is 2.05. The van der Waals surface area contributed by atoms with Crippen molar-refractivity contribution in [2.75, 3.05) is 0 Å². The van der Waals surface area contributed by atoms with Crippen molar-refractivity contribution in [2.24, 2.45) is 0 Å². The van der Waals surface area contributed by atoms with Gasteiger partial charge in [-0.15, -0.1) is 0 Å².